The lowest BCUT2D eigenvalue weighted by molar-refractivity contribution is -0.929. The van der Waals surface area contributed by atoms with E-state index in [0.29, 0.717) is 6.08 Å². The van der Waals surface area contributed by atoms with E-state index in [1.807, 2.05) is 0 Å². The van der Waals surface area contributed by atoms with E-state index >= 15 is 0 Å². The number of unbranched alkanes of at least 4 members (excludes halogenated alkanes) is 12. The number of nitrogens with zero attached hydrogens (tertiary/aromatic N) is 3. The van der Waals surface area contributed by atoms with Gasteiger partial charge < -0.3 is 37.7 Å². The largest absolute Gasteiger partial charge is 0.811 e. The van der Waals surface area contributed by atoms with Gasteiger partial charge in [-0.3, -0.25) is 0 Å². The first-order valence-electron chi connectivity index (χ1n) is 26.6. The van der Waals surface area contributed by atoms with Crippen LogP contribution in [-0.4, -0.2) is 104 Å². The van der Waals surface area contributed by atoms with Crippen LogP contribution in [0.1, 0.15) is 237 Å². The summed E-state index contributed by atoms with van der Waals surface area (Å²) in [6, 6.07) is 0. The zero-order chi connectivity index (χ0) is 47.2. The maximum absolute atomic E-state index is 9.82. The summed E-state index contributed by atoms with van der Waals surface area (Å²) in [7, 11) is -4.60. The number of carbonyl (C=O) groups excluding carboxylic acids is 1. The van der Waals surface area contributed by atoms with Crippen LogP contribution in [0.15, 0.2) is 12.2 Å². The quantitative estimate of drug-likeness (QED) is 0.0347. The van der Waals surface area contributed by atoms with Gasteiger partial charge in [-0.2, -0.15) is 0 Å². The predicted molar refractivity (Wildman–Crippen MR) is 265 cm³/mol. The molecule has 8 nitrogen and oxygen atoms in total. The van der Waals surface area contributed by atoms with E-state index in [1.165, 1.54) is 246 Å². The predicted octanol–water partition coefficient (Wildman–Crippen LogP) is 12.2. The molecule has 0 aromatic carbocycles. The van der Waals surface area contributed by atoms with Gasteiger partial charge in [0.2, 0.25) is 0 Å². The number of allylic oxidation sites excluding steroid dienone is 1. The number of hydrogen-bond donors (Lipinski definition) is 0. The van der Waals surface area contributed by atoms with Gasteiger partial charge in [-0.25, -0.2) is 0 Å². The summed E-state index contributed by atoms with van der Waals surface area (Å²) in [6.45, 7) is 45.1. The highest BCUT2D eigenvalue weighted by Gasteiger charge is 2.27. The van der Waals surface area contributed by atoms with Gasteiger partial charge in [-0.1, -0.05) is 174 Å². The minimum Gasteiger partial charge on any atom is -0.811 e. The van der Waals surface area contributed by atoms with Gasteiger partial charge in [0.1, 0.15) is 0 Å². The summed E-state index contributed by atoms with van der Waals surface area (Å²) in [5.41, 5.74) is 0. The van der Waals surface area contributed by atoms with Crippen LogP contribution < -0.4 is 14.9 Å². The minimum absolute atomic E-state index is 0.502. The van der Waals surface area contributed by atoms with Gasteiger partial charge in [-0.05, 0) is 89.3 Å². The number of hydrogen-bond acceptors (Lipinski definition) is 5. The summed E-state index contributed by atoms with van der Waals surface area (Å²) < 4.78 is 14.1. The highest BCUT2D eigenvalue weighted by Crippen LogP contribution is 2.22. The van der Waals surface area contributed by atoms with Gasteiger partial charge in [0.25, 0.3) is 0 Å². The van der Waals surface area contributed by atoms with E-state index in [0.717, 1.165) is 6.08 Å². The van der Waals surface area contributed by atoms with E-state index in [1.54, 1.807) is 0 Å². The Bertz CT molecular complexity index is 775. The lowest BCUT2D eigenvalue weighted by Gasteiger charge is -2.39. The number of carboxylic acids is 1. The molecule has 0 unspecified atom stereocenters. The molecule has 0 aromatic heterocycles. The van der Waals surface area contributed by atoms with Gasteiger partial charge in [0.05, 0.1) is 84.5 Å². The Labute approximate surface area is 384 Å². The van der Waals surface area contributed by atoms with Crippen LogP contribution in [-0.2, 0) is 9.36 Å². The van der Waals surface area contributed by atoms with E-state index in [2.05, 4.69) is 83.1 Å². The molecular formula is C52H112N3O5P. The topological polar surface area (TPSA) is 103 Å². The molecular weight excluding hydrogens is 778 g/mol. The van der Waals surface area contributed by atoms with Crippen molar-refractivity contribution >= 4 is 13.6 Å². The molecule has 0 atom stereocenters. The van der Waals surface area contributed by atoms with Crippen molar-refractivity contribution in [2.75, 3.05) is 84.7 Å². The smallest absolute Gasteiger partial charge is 0.0786 e. The normalized spacial score (nSPS) is 12.0. The van der Waals surface area contributed by atoms with Gasteiger partial charge in [-0.15, -0.1) is 0 Å². The van der Waals surface area contributed by atoms with Crippen molar-refractivity contribution in [1.82, 2.24) is 0 Å². The fourth-order valence-corrected chi connectivity index (χ4v) is 8.58. The second kappa shape index (κ2) is 47.2. The zero-order valence-electron chi connectivity index (χ0n) is 43.6. The Morgan fingerprint density at radius 3 is 0.607 bits per heavy atom. The number of carboxylic acid groups (broad SMARTS) is 1. The highest BCUT2D eigenvalue weighted by atomic mass is 31.2. The molecule has 0 bridgehead atoms. The molecule has 0 aromatic rings. The third kappa shape index (κ3) is 44.2. The Morgan fingerprint density at radius 1 is 0.361 bits per heavy atom. The van der Waals surface area contributed by atoms with E-state index in [-0.39, 0.29) is 0 Å². The number of carbonyl (C=O) groups is 1. The molecule has 0 saturated heterocycles. The first kappa shape index (κ1) is 66.8. The second-order valence-corrected chi connectivity index (χ2v) is 20.1. The van der Waals surface area contributed by atoms with Crippen molar-refractivity contribution < 1.29 is 37.7 Å². The summed E-state index contributed by atoms with van der Waals surface area (Å²) in [5, 5.41) is 9.59. The van der Waals surface area contributed by atoms with Crippen LogP contribution in [0.2, 0.25) is 0 Å². The standard InChI is InChI=1S/3C16H36N.C4H7O5P/c3*1-5-9-13-17(14-10-6-2,15-11-7-3)16-12-8-4;5-4(6)2-1-3-10(7,8)9/h3*5-16H2,1-4H3;1-2H,3H2,(H,5,6)(H2,7,8,9)/q3*+1;/p-3/b;;;2-1+. The lowest BCUT2D eigenvalue weighted by Crippen LogP contribution is -2.50. The van der Waals surface area contributed by atoms with Crippen LogP contribution in [0.4, 0.5) is 0 Å². The van der Waals surface area contributed by atoms with Crippen molar-refractivity contribution in [1.29, 1.82) is 0 Å². The molecule has 0 heterocycles. The van der Waals surface area contributed by atoms with Crippen LogP contribution in [0.5, 0.6) is 0 Å². The molecule has 0 fully saturated rings. The lowest BCUT2D eigenvalue weighted by atomic mass is 10.1. The fourth-order valence-electron chi connectivity index (χ4n) is 8.21. The van der Waals surface area contributed by atoms with E-state index in [9.17, 15) is 24.3 Å². The minimum atomic E-state index is -4.60. The van der Waals surface area contributed by atoms with Crippen molar-refractivity contribution in [2.24, 2.45) is 0 Å². The van der Waals surface area contributed by atoms with Crippen LogP contribution in [0.25, 0.3) is 0 Å². The third-order valence-electron chi connectivity index (χ3n) is 12.4. The van der Waals surface area contributed by atoms with Gasteiger partial charge in [0, 0.05) is 0 Å². The second-order valence-electron chi connectivity index (χ2n) is 18.5. The van der Waals surface area contributed by atoms with Gasteiger partial charge >= 0.3 is 0 Å². The van der Waals surface area contributed by atoms with Crippen molar-refractivity contribution in [3.63, 3.8) is 0 Å². The molecule has 9 heteroatoms. The Kier molecular flexibility index (Phi) is 51.7. The zero-order valence-corrected chi connectivity index (χ0v) is 44.5. The Hall–Kier alpha value is -0.760. The SMILES string of the molecule is CCCC[N+](CCCC)(CCCC)CCCC.CCCC[N+](CCCC)(CCCC)CCCC.CCCC[N+](CCCC)(CCCC)CCCC.O=C([O-])/C=C/CP(=O)([O-])[O-]. The average molecular weight is 890 g/mol. The maximum atomic E-state index is 9.82. The molecule has 0 aliphatic heterocycles. The number of rotatable bonds is 39. The number of aliphatic carboxylic acids is 1. The first-order chi connectivity index (χ1) is 29.1. The monoisotopic (exact) mass is 890 g/mol. The van der Waals surface area contributed by atoms with Gasteiger partial charge in [0.15, 0.2) is 0 Å². The average Bonchev–Trinajstić information content (AvgIpc) is 3.25. The summed E-state index contributed by atoms with van der Waals surface area (Å²) >= 11 is 0. The molecule has 0 aliphatic carbocycles. The number of quaternary nitrogens is 3. The summed E-state index contributed by atoms with van der Waals surface area (Å²) in [4.78, 5) is 29.2. The third-order valence-corrected chi connectivity index (χ3v) is 13.1. The van der Waals surface area contributed by atoms with Crippen LogP contribution >= 0.6 is 7.60 Å². The molecule has 0 spiro atoms. The molecule has 0 amide bonds. The molecule has 370 valence electrons. The van der Waals surface area contributed by atoms with E-state index < -0.39 is 19.7 Å². The van der Waals surface area contributed by atoms with E-state index in [4.69, 9.17) is 0 Å². The van der Waals surface area contributed by atoms with Crippen molar-refractivity contribution in [3.8, 4) is 0 Å². The van der Waals surface area contributed by atoms with Crippen LogP contribution in [0, 0.1) is 0 Å². The molecule has 0 rings (SSSR count). The Morgan fingerprint density at radius 2 is 0.508 bits per heavy atom. The molecule has 0 aliphatic rings. The van der Waals surface area contributed by atoms with Crippen molar-refractivity contribution in [3.05, 3.63) is 12.2 Å². The van der Waals surface area contributed by atoms with Crippen molar-refractivity contribution in [2.45, 2.75) is 237 Å². The van der Waals surface area contributed by atoms with Crippen LogP contribution in [0.3, 0.4) is 0 Å². The first-order valence-corrected chi connectivity index (χ1v) is 28.3. The molecule has 0 radical (unpaired) electrons. The highest BCUT2D eigenvalue weighted by molar-refractivity contribution is 7.48. The molecule has 0 N–H and O–H groups in total. The molecule has 0 saturated carbocycles. The Balaban J connectivity index is -0.000000361. The maximum Gasteiger partial charge on any atom is 0.0786 e. The molecule has 61 heavy (non-hydrogen) atoms. The summed E-state index contributed by atoms with van der Waals surface area (Å²) in [6.07, 6.45) is 33.6. The fraction of sp³-hybridized carbons (Fsp3) is 0.942. The summed E-state index contributed by atoms with van der Waals surface area (Å²) in [5.74, 6) is -1.52.